The van der Waals surface area contributed by atoms with Gasteiger partial charge in [0.1, 0.15) is 5.52 Å². The summed E-state index contributed by atoms with van der Waals surface area (Å²) in [4.78, 5) is 8.94. The molecule has 108 valence electrons. The standard InChI is InChI=1S/C15H18N6/c1-2-12(11-16)20-7-9-21(10-8-20)15-17-13-5-3-4-6-14(13)18-19-15/h3-6,12H,2,7-10H2,1H3. The van der Waals surface area contributed by atoms with Gasteiger partial charge in [-0.05, 0) is 18.6 Å². The van der Waals surface area contributed by atoms with Gasteiger partial charge in [0.05, 0.1) is 17.6 Å². The number of para-hydroxylation sites is 1. The Balaban J connectivity index is 1.72. The fraction of sp³-hybridized carbons (Fsp3) is 0.467. The first kappa shape index (κ1) is 13.7. The molecule has 0 saturated carbocycles. The Labute approximate surface area is 124 Å². The van der Waals surface area contributed by atoms with Crippen LogP contribution in [0.3, 0.4) is 0 Å². The Bertz CT molecular complexity index is 657. The van der Waals surface area contributed by atoms with Crippen molar-refractivity contribution in [2.75, 3.05) is 31.1 Å². The molecule has 2 aromatic rings. The topological polar surface area (TPSA) is 68.9 Å². The van der Waals surface area contributed by atoms with Crippen molar-refractivity contribution < 1.29 is 0 Å². The smallest absolute Gasteiger partial charge is 0.246 e. The van der Waals surface area contributed by atoms with E-state index in [2.05, 4.69) is 38.0 Å². The van der Waals surface area contributed by atoms with E-state index in [0.29, 0.717) is 5.95 Å². The maximum Gasteiger partial charge on any atom is 0.246 e. The van der Waals surface area contributed by atoms with Gasteiger partial charge in [-0.3, -0.25) is 4.90 Å². The van der Waals surface area contributed by atoms with Crippen molar-refractivity contribution in [1.82, 2.24) is 20.1 Å². The van der Waals surface area contributed by atoms with Crippen LogP contribution in [0, 0.1) is 11.3 Å². The zero-order valence-electron chi connectivity index (χ0n) is 12.1. The molecule has 1 aromatic heterocycles. The van der Waals surface area contributed by atoms with Crippen LogP contribution in [-0.4, -0.2) is 52.3 Å². The molecule has 1 aliphatic heterocycles. The third-order valence-corrected chi connectivity index (χ3v) is 3.92. The molecule has 1 aromatic carbocycles. The van der Waals surface area contributed by atoms with Crippen molar-refractivity contribution >= 4 is 17.0 Å². The predicted molar refractivity (Wildman–Crippen MR) is 80.8 cm³/mol. The normalized spacial score (nSPS) is 17.6. The molecule has 2 heterocycles. The molecular formula is C15H18N6. The Hall–Kier alpha value is -2.26. The molecular weight excluding hydrogens is 264 g/mol. The van der Waals surface area contributed by atoms with Crippen molar-refractivity contribution in [3.05, 3.63) is 24.3 Å². The van der Waals surface area contributed by atoms with E-state index in [4.69, 9.17) is 5.26 Å². The third kappa shape index (κ3) is 2.78. The molecule has 0 amide bonds. The van der Waals surface area contributed by atoms with Gasteiger partial charge < -0.3 is 4.90 Å². The van der Waals surface area contributed by atoms with Crippen LogP contribution in [0.15, 0.2) is 24.3 Å². The summed E-state index contributed by atoms with van der Waals surface area (Å²) in [5.41, 5.74) is 1.68. The highest BCUT2D eigenvalue weighted by atomic mass is 15.4. The van der Waals surface area contributed by atoms with Crippen LogP contribution in [0.1, 0.15) is 13.3 Å². The second kappa shape index (κ2) is 6.02. The summed E-state index contributed by atoms with van der Waals surface area (Å²) in [7, 11) is 0. The molecule has 3 rings (SSSR count). The minimum absolute atomic E-state index is 0.0165. The molecule has 1 unspecified atom stereocenters. The summed E-state index contributed by atoms with van der Waals surface area (Å²) in [5.74, 6) is 0.679. The summed E-state index contributed by atoms with van der Waals surface area (Å²) in [6.45, 7) is 5.44. The lowest BCUT2D eigenvalue weighted by Gasteiger charge is -2.36. The fourth-order valence-corrected chi connectivity index (χ4v) is 2.67. The lowest BCUT2D eigenvalue weighted by molar-refractivity contribution is 0.215. The maximum absolute atomic E-state index is 9.14. The highest BCUT2D eigenvalue weighted by Gasteiger charge is 2.24. The molecule has 6 nitrogen and oxygen atoms in total. The monoisotopic (exact) mass is 282 g/mol. The number of piperazine rings is 1. The van der Waals surface area contributed by atoms with Crippen molar-refractivity contribution in [3.8, 4) is 6.07 Å². The van der Waals surface area contributed by atoms with Crippen molar-refractivity contribution in [2.24, 2.45) is 0 Å². The van der Waals surface area contributed by atoms with Crippen LogP contribution in [0.5, 0.6) is 0 Å². The van der Waals surface area contributed by atoms with Gasteiger partial charge in [0, 0.05) is 26.2 Å². The van der Waals surface area contributed by atoms with Crippen LogP contribution in [0.4, 0.5) is 5.95 Å². The molecule has 0 N–H and O–H groups in total. The Morgan fingerprint density at radius 1 is 1.14 bits per heavy atom. The molecule has 1 aliphatic rings. The van der Waals surface area contributed by atoms with Crippen molar-refractivity contribution in [1.29, 1.82) is 5.26 Å². The molecule has 1 atom stereocenters. The SMILES string of the molecule is CCC(C#N)N1CCN(c2nnc3ccccc3n2)CC1. The van der Waals surface area contributed by atoms with Crippen LogP contribution in [-0.2, 0) is 0 Å². The number of benzene rings is 1. The molecule has 0 radical (unpaired) electrons. The Morgan fingerprint density at radius 3 is 2.52 bits per heavy atom. The van der Waals surface area contributed by atoms with Gasteiger partial charge in [-0.1, -0.05) is 19.1 Å². The first-order valence-electron chi connectivity index (χ1n) is 7.30. The van der Waals surface area contributed by atoms with E-state index < -0.39 is 0 Å². The molecule has 0 spiro atoms. The maximum atomic E-state index is 9.14. The van der Waals surface area contributed by atoms with E-state index in [1.807, 2.05) is 24.3 Å². The second-order valence-corrected chi connectivity index (χ2v) is 5.18. The highest BCUT2D eigenvalue weighted by molar-refractivity contribution is 5.74. The van der Waals surface area contributed by atoms with Gasteiger partial charge in [-0.25, -0.2) is 4.98 Å². The number of hydrogen-bond acceptors (Lipinski definition) is 6. The van der Waals surface area contributed by atoms with Gasteiger partial charge in [-0.2, -0.15) is 5.26 Å². The van der Waals surface area contributed by atoms with Crippen LogP contribution in [0.25, 0.3) is 11.0 Å². The summed E-state index contributed by atoms with van der Waals surface area (Å²) in [5, 5.41) is 17.6. The Kier molecular flexibility index (Phi) is 3.93. The number of nitrogens with zero attached hydrogens (tertiary/aromatic N) is 6. The number of aromatic nitrogens is 3. The van der Waals surface area contributed by atoms with E-state index in [1.54, 1.807) is 0 Å². The number of fused-ring (bicyclic) bond motifs is 1. The van der Waals surface area contributed by atoms with Crippen molar-refractivity contribution in [3.63, 3.8) is 0 Å². The number of hydrogen-bond donors (Lipinski definition) is 0. The van der Waals surface area contributed by atoms with E-state index in [-0.39, 0.29) is 6.04 Å². The summed E-state index contributed by atoms with van der Waals surface area (Å²) in [6.07, 6.45) is 0.866. The van der Waals surface area contributed by atoms with Crippen LogP contribution in [0.2, 0.25) is 0 Å². The quantitative estimate of drug-likeness (QED) is 0.848. The lowest BCUT2D eigenvalue weighted by atomic mass is 10.2. The van der Waals surface area contributed by atoms with Gasteiger partial charge in [0.15, 0.2) is 0 Å². The van der Waals surface area contributed by atoms with Crippen LogP contribution < -0.4 is 4.90 Å². The average Bonchev–Trinajstić information content (AvgIpc) is 2.56. The zero-order valence-corrected chi connectivity index (χ0v) is 12.1. The fourth-order valence-electron chi connectivity index (χ4n) is 2.67. The van der Waals surface area contributed by atoms with Gasteiger partial charge in [0.2, 0.25) is 5.95 Å². The first-order chi connectivity index (χ1) is 10.3. The lowest BCUT2D eigenvalue weighted by Crippen LogP contribution is -2.50. The Morgan fingerprint density at radius 2 is 1.86 bits per heavy atom. The van der Waals surface area contributed by atoms with E-state index in [1.165, 1.54) is 0 Å². The molecule has 6 heteroatoms. The van der Waals surface area contributed by atoms with E-state index in [0.717, 1.165) is 43.6 Å². The second-order valence-electron chi connectivity index (χ2n) is 5.18. The molecule has 21 heavy (non-hydrogen) atoms. The predicted octanol–water partition coefficient (Wildman–Crippen LogP) is 1.45. The summed E-state index contributed by atoms with van der Waals surface area (Å²) in [6, 6.07) is 10.1. The molecule has 1 fully saturated rings. The number of rotatable bonds is 3. The summed E-state index contributed by atoms with van der Waals surface area (Å²) >= 11 is 0. The van der Waals surface area contributed by atoms with E-state index in [9.17, 15) is 0 Å². The minimum atomic E-state index is 0.0165. The number of anilines is 1. The third-order valence-electron chi connectivity index (χ3n) is 3.92. The van der Waals surface area contributed by atoms with Gasteiger partial charge >= 0.3 is 0 Å². The summed E-state index contributed by atoms with van der Waals surface area (Å²) < 4.78 is 0. The average molecular weight is 282 g/mol. The number of nitriles is 1. The molecule has 0 aliphatic carbocycles. The largest absolute Gasteiger partial charge is 0.337 e. The molecule has 1 saturated heterocycles. The van der Waals surface area contributed by atoms with E-state index >= 15 is 0 Å². The van der Waals surface area contributed by atoms with Crippen LogP contribution >= 0.6 is 0 Å². The van der Waals surface area contributed by atoms with Gasteiger partial charge in [-0.15, -0.1) is 10.2 Å². The van der Waals surface area contributed by atoms with Gasteiger partial charge in [0.25, 0.3) is 0 Å². The van der Waals surface area contributed by atoms with Crippen molar-refractivity contribution in [2.45, 2.75) is 19.4 Å². The molecule has 0 bridgehead atoms. The zero-order chi connectivity index (χ0) is 14.7. The minimum Gasteiger partial charge on any atom is -0.337 e. The highest BCUT2D eigenvalue weighted by Crippen LogP contribution is 2.15. The first-order valence-corrected chi connectivity index (χ1v) is 7.30.